The van der Waals surface area contributed by atoms with Gasteiger partial charge in [-0.2, -0.15) is 13.2 Å². The Bertz CT molecular complexity index is 1000. The molecule has 0 N–H and O–H groups in total. The first-order valence-corrected chi connectivity index (χ1v) is 8.19. The standard InChI is InChI=1S/C18H14F4N4O3/c1-28-15-4-2-11(6-14(15)19)7-17(27)29-10-13-9-26(25-24-13)16-5-3-12(8-23-16)18(20,21)22/h2-6,8-9H,7,10H2,1H3. The van der Waals surface area contributed by atoms with Gasteiger partial charge in [0.2, 0.25) is 0 Å². The summed E-state index contributed by atoms with van der Waals surface area (Å²) in [5, 5.41) is 7.52. The Morgan fingerprint density at radius 2 is 2.00 bits per heavy atom. The van der Waals surface area contributed by atoms with Gasteiger partial charge in [0.1, 0.15) is 12.3 Å². The normalized spacial score (nSPS) is 11.3. The van der Waals surface area contributed by atoms with Gasteiger partial charge in [-0.1, -0.05) is 11.3 Å². The van der Waals surface area contributed by atoms with Crippen LogP contribution in [0.4, 0.5) is 17.6 Å². The Morgan fingerprint density at radius 1 is 1.21 bits per heavy atom. The van der Waals surface area contributed by atoms with E-state index in [0.717, 1.165) is 16.8 Å². The molecule has 152 valence electrons. The van der Waals surface area contributed by atoms with E-state index in [2.05, 4.69) is 15.3 Å². The molecule has 0 spiro atoms. The first-order chi connectivity index (χ1) is 13.8. The van der Waals surface area contributed by atoms with E-state index < -0.39 is 23.5 Å². The average molecular weight is 410 g/mol. The number of carbonyl (C=O) groups is 1. The van der Waals surface area contributed by atoms with E-state index in [1.54, 1.807) is 0 Å². The summed E-state index contributed by atoms with van der Waals surface area (Å²) in [6.45, 7) is -0.210. The van der Waals surface area contributed by atoms with Crippen molar-refractivity contribution in [1.82, 2.24) is 20.0 Å². The molecule has 11 heteroatoms. The fraction of sp³-hybridized carbons (Fsp3) is 0.222. The van der Waals surface area contributed by atoms with Crippen LogP contribution in [0.15, 0.2) is 42.7 Å². The first-order valence-electron chi connectivity index (χ1n) is 8.19. The number of carbonyl (C=O) groups excluding carboxylic acids is 1. The Labute approximate surface area is 161 Å². The van der Waals surface area contributed by atoms with Crippen LogP contribution < -0.4 is 4.74 Å². The molecular formula is C18H14F4N4O3. The smallest absolute Gasteiger partial charge is 0.417 e. The minimum absolute atomic E-state index is 0.0654. The summed E-state index contributed by atoms with van der Waals surface area (Å²) in [5.74, 6) is -1.02. The molecule has 0 amide bonds. The number of pyridine rings is 1. The van der Waals surface area contributed by atoms with Gasteiger partial charge in [-0.25, -0.2) is 14.1 Å². The summed E-state index contributed by atoms with van der Waals surface area (Å²) in [5.41, 5.74) is -0.211. The lowest BCUT2D eigenvalue weighted by atomic mass is 10.1. The van der Waals surface area contributed by atoms with Crippen LogP contribution in [0.25, 0.3) is 5.82 Å². The third-order valence-corrected chi connectivity index (χ3v) is 3.80. The van der Waals surface area contributed by atoms with Crippen molar-refractivity contribution in [2.24, 2.45) is 0 Å². The Hall–Kier alpha value is -3.50. The number of aromatic nitrogens is 4. The molecule has 0 unspecified atom stereocenters. The van der Waals surface area contributed by atoms with Gasteiger partial charge < -0.3 is 9.47 Å². The second kappa shape index (κ2) is 8.25. The van der Waals surface area contributed by atoms with Gasteiger partial charge in [0.15, 0.2) is 17.4 Å². The van der Waals surface area contributed by atoms with Gasteiger partial charge in [0.25, 0.3) is 0 Å². The average Bonchev–Trinajstić information content (AvgIpc) is 3.15. The Morgan fingerprint density at radius 3 is 2.62 bits per heavy atom. The molecule has 0 radical (unpaired) electrons. The molecule has 0 aliphatic heterocycles. The van der Waals surface area contributed by atoms with Crippen LogP contribution in [-0.2, 0) is 28.7 Å². The second-order valence-electron chi connectivity index (χ2n) is 5.86. The summed E-state index contributed by atoms with van der Waals surface area (Å²) >= 11 is 0. The number of hydrogen-bond donors (Lipinski definition) is 0. The van der Waals surface area contributed by atoms with Crippen molar-refractivity contribution in [1.29, 1.82) is 0 Å². The van der Waals surface area contributed by atoms with E-state index in [9.17, 15) is 22.4 Å². The van der Waals surface area contributed by atoms with Crippen molar-refractivity contribution >= 4 is 5.97 Å². The monoisotopic (exact) mass is 410 g/mol. The molecule has 1 aromatic carbocycles. The molecule has 0 saturated heterocycles. The number of methoxy groups -OCH3 is 1. The lowest BCUT2D eigenvalue weighted by Gasteiger charge is -2.06. The van der Waals surface area contributed by atoms with Crippen LogP contribution in [0.1, 0.15) is 16.8 Å². The Balaban J connectivity index is 1.57. The number of halogens is 4. The number of ether oxygens (including phenoxy) is 2. The highest BCUT2D eigenvalue weighted by Crippen LogP contribution is 2.28. The molecule has 7 nitrogen and oxygen atoms in total. The predicted molar refractivity (Wildman–Crippen MR) is 90.6 cm³/mol. The van der Waals surface area contributed by atoms with Crippen molar-refractivity contribution in [3.05, 3.63) is 65.4 Å². The molecule has 2 aromatic heterocycles. The third kappa shape index (κ3) is 5.06. The maximum absolute atomic E-state index is 13.6. The largest absolute Gasteiger partial charge is 0.494 e. The first kappa shape index (κ1) is 20.2. The van der Waals surface area contributed by atoms with Gasteiger partial charge in [0.05, 0.1) is 25.3 Å². The molecule has 29 heavy (non-hydrogen) atoms. The molecule has 0 aliphatic rings. The SMILES string of the molecule is COc1ccc(CC(=O)OCc2cn(-c3ccc(C(F)(F)F)cn3)nn2)cc1F. The lowest BCUT2D eigenvalue weighted by molar-refractivity contribution is -0.144. The summed E-state index contributed by atoms with van der Waals surface area (Å²) in [6, 6.07) is 6.13. The molecule has 0 atom stereocenters. The zero-order valence-electron chi connectivity index (χ0n) is 15.0. The zero-order chi connectivity index (χ0) is 21.0. The Kier molecular flexibility index (Phi) is 5.76. The lowest BCUT2D eigenvalue weighted by Crippen LogP contribution is -2.08. The molecule has 0 fully saturated rings. The van der Waals surface area contributed by atoms with E-state index in [0.29, 0.717) is 11.8 Å². The predicted octanol–water partition coefficient (Wildman–Crippen LogP) is 3.11. The minimum Gasteiger partial charge on any atom is -0.494 e. The van der Waals surface area contributed by atoms with Gasteiger partial charge in [-0.3, -0.25) is 4.79 Å². The number of nitrogens with zero attached hydrogens (tertiary/aromatic N) is 4. The molecule has 0 saturated carbocycles. The van der Waals surface area contributed by atoms with Crippen LogP contribution in [0.2, 0.25) is 0 Å². The molecule has 3 aromatic rings. The highest BCUT2D eigenvalue weighted by molar-refractivity contribution is 5.72. The second-order valence-corrected chi connectivity index (χ2v) is 5.86. The van der Waals surface area contributed by atoms with E-state index in [-0.39, 0.29) is 30.3 Å². The van der Waals surface area contributed by atoms with Crippen LogP contribution in [-0.4, -0.2) is 33.1 Å². The summed E-state index contributed by atoms with van der Waals surface area (Å²) < 4.78 is 62.4. The van der Waals surface area contributed by atoms with Crippen molar-refractivity contribution in [3.63, 3.8) is 0 Å². The van der Waals surface area contributed by atoms with Gasteiger partial charge in [-0.15, -0.1) is 5.10 Å². The number of rotatable bonds is 6. The van der Waals surface area contributed by atoms with Crippen molar-refractivity contribution in [2.75, 3.05) is 7.11 Å². The maximum atomic E-state index is 13.6. The highest BCUT2D eigenvalue weighted by Gasteiger charge is 2.30. The fourth-order valence-electron chi connectivity index (χ4n) is 2.36. The molecule has 2 heterocycles. The topological polar surface area (TPSA) is 79.1 Å². The van der Waals surface area contributed by atoms with E-state index >= 15 is 0 Å². The van der Waals surface area contributed by atoms with E-state index in [4.69, 9.17) is 9.47 Å². The summed E-state index contributed by atoms with van der Waals surface area (Å²) in [7, 11) is 1.33. The summed E-state index contributed by atoms with van der Waals surface area (Å²) in [4.78, 5) is 15.6. The zero-order valence-corrected chi connectivity index (χ0v) is 15.0. The van der Waals surface area contributed by atoms with Gasteiger partial charge in [-0.05, 0) is 29.8 Å². The minimum atomic E-state index is -4.49. The van der Waals surface area contributed by atoms with Crippen molar-refractivity contribution in [3.8, 4) is 11.6 Å². The fourth-order valence-corrected chi connectivity index (χ4v) is 2.36. The molecule has 0 bridgehead atoms. The van der Waals surface area contributed by atoms with E-state index in [1.165, 1.54) is 31.5 Å². The maximum Gasteiger partial charge on any atom is 0.417 e. The van der Waals surface area contributed by atoms with Crippen molar-refractivity contribution in [2.45, 2.75) is 19.2 Å². The van der Waals surface area contributed by atoms with E-state index in [1.807, 2.05) is 0 Å². The van der Waals surface area contributed by atoms with Gasteiger partial charge in [0, 0.05) is 6.20 Å². The highest BCUT2D eigenvalue weighted by atomic mass is 19.4. The third-order valence-electron chi connectivity index (χ3n) is 3.80. The quantitative estimate of drug-likeness (QED) is 0.459. The van der Waals surface area contributed by atoms with Gasteiger partial charge >= 0.3 is 12.1 Å². The molecule has 0 aliphatic carbocycles. The van der Waals surface area contributed by atoms with Crippen LogP contribution in [0, 0.1) is 5.82 Å². The van der Waals surface area contributed by atoms with Crippen LogP contribution in [0.5, 0.6) is 5.75 Å². The number of esters is 1. The van der Waals surface area contributed by atoms with Crippen LogP contribution in [0.3, 0.4) is 0 Å². The van der Waals surface area contributed by atoms with Crippen LogP contribution >= 0.6 is 0 Å². The summed E-state index contributed by atoms with van der Waals surface area (Å²) in [6.07, 6.45) is -2.59. The molecular weight excluding hydrogens is 396 g/mol. The number of benzene rings is 1. The number of alkyl halides is 3. The molecule has 3 rings (SSSR count). The van der Waals surface area contributed by atoms with Crippen molar-refractivity contribution < 1.29 is 31.8 Å². The number of hydrogen-bond acceptors (Lipinski definition) is 6.